The first-order valence-corrected chi connectivity index (χ1v) is 6.19. The van der Waals surface area contributed by atoms with Gasteiger partial charge in [0.2, 0.25) is 0 Å². The summed E-state index contributed by atoms with van der Waals surface area (Å²) in [6, 6.07) is 4.28. The van der Waals surface area contributed by atoms with Crippen molar-refractivity contribution in [1.82, 2.24) is 0 Å². The molecule has 0 amide bonds. The van der Waals surface area contributed by atoms with Gasteiger partial charge in [-0.3, -0.25) is 0 Å². The smallest absolute Gasteiger partial charge is 0.383 e. The van der Waals surface area contributed by atoms with E-state index in [0.717, 1.165) is 6.07 Å². The fraction of sp³-hybridized carbons (Fsp3) is 0.571. The van der Waals surface area contributed by atoms with Crippen LogP contribution in [0.5, 0.6) is 0 Å². The van der Waals surface area contributed by atoms with Crippen LogP contribution >= 0.6 is 0 Å². The van der Waals surface area contributed by atoms with Crippen molar-refractivity contribution < 1.29 is 17.9 Å². The first-order valence-electron chi connectivity index (χ1n) is 6.19. The minimum Gasteiger partial charge on any atom is -0.383 e. The molecule has 0 fully saturated rings. The third kappa shape index (κ3) is 4.42. The van der Waals surface area contributed by atoms with Crippen molar-refractivity contribution in [2.75, 3.05) is 19.0 Å². The fourth-order valence-corrected chi connectivity index (χ4v) is 1.81. The van der Waals surface area contributed by atoms with E-state index in [2.05, 4.69) is 5.32 Å². The van der Waals surface area contributed by atoms with Crippen LogP contribution in [0.3, 0.4) is 0 Å². The number of halogens is 3. The highest BCUT2D eigenvalue weighted by Gasteiger charge is 2.32. The summed E-state index contributed by atoms with van der Waals surface area (Å²) in [6.07, 6.45) is -4.32. The lowest BCUT2D eigenvalue weighted by Crippen LogP contribution is -2.30. The molecule has 0 aromatic heterocycles. The maximum absolute atomic E-state index is 12.8. The minimum atomic E-state index is -4.32. The predicted molar refractivity (Wildman–Crippen MR) is 70.3 cm³/mol. The zero-order valence-corrected chi connectivity index (χ0v) is 11.6. The van der Waals surface area contributed by atoms with E-state index in [1.807, 2.05) is 13.8 Å². The molecule has 0 heterocycles. The summed E-state index contributed by atoms with van der Waals surface area (Å²) in [5.74, 6) is 0.260. The van der Waals surface area contributed by atoms with Crippen LogP contribution in [-0.4, -0.2) is 19.8 Å². The molecule has 0 aliphatic rings. The largest absolute Gasteiger partial charge is 0.416 e. The second kappa shape index (κ2) is 6.28. The molecule has 1 N–H and O–H groups in total. The van der Waals surface area contributed by atoms with E-state index in [0.29, 0.717) is 12.3 Å². The molecule has 19 heavy (non-hydrogen) atoms. The number of aryl methyl sites for hydroxylation is 1. The molecule has 5 heteroatoms. The molecular formula is C14H20F3NO. The van der Waals surface area contributed by atoms with Gasteiger partial charge in [-0.2, -0.15) is 13.2 Å². The molecule has 0 spiro atoms. The summed E-state index contributed by atoms with van der Waals surface area (Å²) in [7, 11) is 1.58. The molecule has 2 nitrogen and oxygen atoms in total. The molecule has 1 aromatic rings. The number of nitrogens with one attached hydrogen (secondary N) is 1. The lowest BCUT2D eigenvalue weighted by molar-refractivity contribution is -0.138. The highest BCUT2D eigenvalue weighted by Crippen LogP contribution is 2.33. The van der Waals surface area contributed by atoms with Gasteiger partial charge in [0.25, 0.3) is 0 Å². The highest BCUT2D eigenvalue weighted by molar-refractivity contribution is 5.50. The number of ether oxygens (including phenoxy) is 1. The molecule has 0 aliphatic carbocycles. The quantitative estimate of drug-likeness (QED) is 0.873. The van der Waals surface area contributed by atoms with Gasteiger partial charge >= 0.3 is 6.18 Å². The van der Waals surface area contributed by atoms with Gasteiger partial charge in [0, 0.05) is 12.8 Å². The highest BCUT2D eigenvalue weighted by atomic mass is 19.4. The Kier molecular flexibility index (Phi) is 5.23. The predicted octanol–water partition coefficient (Wildman–Crippen LogP) is 4.10. The molecule has 0 aliphatic heterocycles. The van der Waals surface area contributed by atoms with Crippen LogP contribution in [0.2, 0.25) is 0 Å². The Bertz CT molecular complexity index is 416. The Morgan fingerprint density at radius 2 is 1.89 bits per heavy atom. The topological polar surface area (TPSA) is 21.3 Å². The lowest BCUT2D eigenvalue weighted by Gasteiger charge is -2.23. The SMILES string of the molecule is COCC(Nc1ccc(C)c(C(F)(F)F)c1)C(C)C. The molecule has 108 valence electrons. The Morgan fingerprint density at radius 1 is 1.26 bits per heavy atom. The van der Waals surface area contributed by atoms with Gasteiger partial charge in [0.1, 0.15) is 0 Å². The lowest BCUT2D eigenvalue weighted by atomic mass is 10.0. The van der Waals surface area contributed by atoms with Crippen molar-refractivity contribution >= 4 is 5.69 Å². The van der Waals surface area contributed by atoms with Gasteiger partial charge in [-0.05, 0) is 30.5 Å². The molecule has 0 bridgehead atoms. The van der Waals surface area contributed by atoms with Crippen LogP contribution < -0.4 is 5.32 Å². The molecule has 0 radical (unpaired) electrons. The van der Waals surface area contributed by atoms with E-state index in [1.54, 1.807) is 13.2 Å². The number of methoxy groups -OCH3 is 1. The summed E-state index contributed by atoms with van der Waals surface area (Å²) in [5, 5.41) is 3.09. The van der Waals surface area contributed by atoms with E-state index in [4.69, 9.17) is 4.74 Å². The Balaban J connectivity index is 2.96. The van der Waals surface area contributed by atoms with E-state index in [1.165, 1.54) is 13.0 Å². The van der Waals surface area contributed by atoms with Gasteiger partial charge in [0.05, 0.1) is 18.2 Å². The number of hydrogen-bond donors (Lipinski definition) is 1. The molecule has 0 saturated carbocycles. The van der Waals surface area contributed by atoms with Crippen LogP contribution in [0, 0.1) is 12.8 Å². The number of benzene rings is 1. The van der Waals surface area contributed by atoms with Gasteiger partial charge in [-0.15, -0.1) is 0 Å². The zero-order valence-electron chi connectivity index (χ0n) is 11.6. The Labute approximate surface area is 112 Å². The first-order chi connectivity index (χ1) is 8.75. The number of anilines is 1. The van der Waals surface area contributed by atoms with Crippen LogP contribution in [0.25, 0.3) is 0 Å². The van der Waals surface area contributed by atoms with Crippen LogP contribution in [0.4, 0.5) is 18.9 Å². The molecule has 1 unspecified atom stereocenters. The number of hydrogen-bond acceptors (Lipinski definition) is 2. The summed E-state index contributed by atoms with van der Waals surface area (Å²) >= 11 is 0. The van der Waals surface area contributed by atoms with Crippen LogP contribution in [-0.2, 0) is 10.9 Å². The summed E-state index contributed by atoms with van der Waals surface area (Å²) in [5.41, 5.74) is 0.0944. The van der Waals surface area contributed by atoms with Crippen LogP contribution in [0.1, 0.15) is 25.0 Å². The second-order valence-corrected chi connectivity index (χ2v) is 4.98. The van der Waals surface area contributed by atoms with Gasteiger partial charge in [-0.25, -0.2) is 0 Å². The Hall–Kier alpha value is -1.23. The monoisotopic (exact) mass is 275 g/mol. The third-order valence-corrected chi connectivity index (χ3v) is 3.05. The number of alkyl halides is 3. The summed E-state index contributed by atoms with van der Waals surface area (Å²) in [6.45, 7) is 5.90. The van der Waals surface area contributed by atoms with Crippen molar-refractivity contribution in [3.63, 3.8) is 0 Å². The van der Waals surface area contributed by atoms with Crippen molar-refractivity contribution in [2.24, 2.45) is 5.92 Å². The maximum Gasteiger partial charge on any atom is 0.416 e. The van der Waals surface area contributed by atoms with Gasteiger partial charge in [-0.1, -0.05) is 19.9 Å². The maximum atomic E-state index is 12.8. The third-order valence-electron chi connectivity index (χ3n) is 3.05. The van der Waals surface area contributed by atoms with Crippen molar-refractivity contribution in [3.05, 3.63) is 29.3 Å². The zero-order chi connectivity index (χ0) is 14.6. The molecular weight excluding hydrogens is 255 g/mol. The Morgan fingerprint density at radius 3 is 2.37 bits per heavy atom. The van der Waals surface area contributed by atoms with Crippen LogP contribution in [0.15, 0.2) is 18.2 Å². The van der Waals surface area contributed by atoms with Crippen molar-refractivity contribution in [1.29, 1.82) is 0 Å². The fourth-order valence-electron chi connectivity index (χ4n) is 1.81. The molecule has 1 atom stereocenters. The normalized spacial score (nSPS) is 13.7. The van der Waals surface area contributed by atoms with E-state index < -0.39 is 11.7 Å². The second-order valence-electron chi connectivity index (χ2n) is 4.98. The average molecular weight is 275 g/mol. The molecule has 0 saturated heterocycles. The summed E-state index contributed by atoms with van der Waals surface area (Å²) < 4.78 is 43.5. The standard InChI is InChI=1S/C14H20F3NO/c1-9(2)13(8-19-4)18-11-6-5-10(3)12(7-11)14(15,16)17/h5-7,9,13,18H,8H2,1-4H3. The van der Waals surface area contributed by atoms with E-state index in [9.17, 15) is 13.2 Å². The number of rotatable bonds is 5. The summed E-state index contributed by atoms with van der Waals surface area (Å²) in [4.78, 5) is 0. The van der Waals surface area contributed by atoms with Gasteiger partial charge < -0.3 is 10.1 Å². The molecule has 1 rings (SSSR count). The van der Waals surface area contributed by atoms with Crippen molar-refractivity contribution in [3.8, 4) is 0 Å². The van der Waals surface area contributed by atoms with E-state index in [-0.39, 0.29) is 17.5 Å². The van der Waals surface area contributed by atoms with E-state index >= 15 is 0 Å². The molecule has 1 aromatic carbocycles. The first kappa shape index (κ1) is 15.8. The van der Waals surface area contributed by atoms with Gasteiger partial charge in [0.15, 0.2) is 0 Å². The van der Waals surface area contributed by atoms with Crippen molar-refractivity contribution in [2.45, 2.75) is 33.0 Å². The minimum absolute atomic E-state index is 0.0196. The average Bonchev–Trinajstić information content (AvgIpc) is 2.29.